The Morgan fingerprint density at radius 2 is 2.17 bits per heavy atom. The Morgan fingerprint density at radius 3 is 2.58 bits per heavy atom. The van der Waals surface area contributed by atoms with E-state index in [9.17, 15) is 0 Å². The monoisotopic (exact) mass is 161 g/mol. The van der Waals surface area contributed by atoms with Crippen LogP contribution >= 0.6 is 0 Å². The molecule has 0 amide bonds. The number of allylic oxidation sites excluding steroid dienone is 2. The van der Waals surface area contributed by atoms with Crippen LogP contribution in [-0.2, 0) is 0 Å². The van der Waals surface area contributed by atoms with Crippen molar-refractivity contribution in [2.75, 3.05) is 0 Å². The second-order valence-electron chi connectivity index (χ2n) is 3.18. The molecule has 1 aromatic heterocycles. The summed E-state index contributed by atoms with van der Waals surface area (Å²) >= 11 is 0. The molecule has 1 nitrogen and oxygen atoms in total. The van der Waals surface area contributed by atoms with E-state index in [2.05, 4.69) is 37.6 Å². The van der Waals surface area contributed by atoms with Crippen LogP contribution in [0.3, 0.4) is 0 Å². The molecule has 0 bridgehead atoms. The van der Waals surface area contributed by atoms with Gasteiger partial charge in [0.1, 0.15) is 0 Å². The van der Waals surface area contributed by atoms with E-state index in [0.717, 1.165) is 5.57 Å². The molecule has 1 heterocycles. The van der Waals surface area contributed by atoms with Crippen molar-refractivity contribution >= 4 is 6.08 Å². The highest BCUT2D eigenvalue weighted by Crippen LogP contribution is 2.13. The van der Waals surface area contributed by atoms with E-state index in [0.29, 0.717) is 0 Å². The standard InChI is InChI=1S/C11H15N/c1-8(2)10(4)7-11-9(3)5-6-12-11/h5-7,12H,1H2,2-4H3/b10-7-. The Morgan fingerprint density at radius 1 is 1.50 bits per heavy atom. The molecule has 0 saturated heterocycles. The fourth-order valence-corrected chi connectivity index (χ4v) is 0.955. The zero-order chi connectivity index (χ0) is 9.14. The summed E-state index contributed by atoms with van der Waals surface area (Å²) in [6.07, 6.45) is 4.07. The van der Waals surface area contributed by atoms with Crippen LogP contribution in [0.5, 0.6) is 0 Å². The summed E-state index contributed by atoms with van der Waals surface area (Å²) in [5.74, 6) is 0. The lowest BCUT2D eigenvalue weighted by molar-refractivity contribution is 1.31. The lowest BCUT2D eigenvalue weighted by atomic mass is 10.1. The van der Waals surface area contributed by atoms with E-state index in [1.165, 1.54) is 16.8 Å². The van der Waals surface area contributed by atoms with Crippen LogP contribution in [0.1, 0.15) is 25.1 Å². The number of rotatable bonds is 2. The minimum Gasteiger partial charge on any atom is -0.361 e. The molecule has 0 atom stereocenters. The van der Waals surface area contributed by atoms with Gasteiger partial charge in [-0.3, -0.25) is 0 Å². The Labute approximate surface area is 73.8 Å². The highest BCUT2D eigenvalue weighted by Gasteiger charge is 1.95. The molecule has 0 unspecified atom stereocenters. The van der Waals surface area contributed by atoms with Gasteiger partial charge in [-0.05, 0) is 44.1 Å². The maximum absolute atomic E-state index is 3.88. The molecule has 0 saturated carbocycles. The fourth-order valence-electron chi connectivity index (χ4n) is 0.955. The SMILES string of the molecule is C=C(C)/C(C)=C\c1[nH]ccc1C. The summed E-state index contributed by atoms with van der Waals surface area (Å²) in [7, 11) is 0. The predicted octanol–water partition coefficient (Wildman–Crippen LogP) is 3.30. The molecule has 1 heteroatoms. The van der Waals surface area contributed by atoms with Crippen LogP contribution in [0.4, 0.5) is 0 Å². The number of H-pyrrole nitrogens is 1. The molecule has 1 rings (SSSR count). The zero-order valence-corrected chi connectivity index (χ0v) is 7.94. The van der Waals surface area contributed by atoms with Gasteiger partial charge in [-0.2, -0.15) is 0 Å². The molecule has 0 aliphatic heterocycles. The van der Waals surface area contributed by atoms with Crippen molar-refractivity contribution in [1.82, 2.24) is 4.98 Å². The van der Waals surface area contributed by atoms with E-state index < -0.39 is 0 Å². The van der Waals surface area contributed by atoms with Crippen molar-refractivity contribution in [1.29, 1.82) is 0 Å². The molecule has 0 aliphatic rings. The molecule has 0 fully saturated rings. The third-order valence-electron chi connectivity index (χ3n) is 2.03. The Kier molecular flexibility index (Phi) is 2.54. The quantitative estimate of drug-likeness (QED) is 0.640. The maximum Gasteiger partial charge on any atom is 0.0412 e. The van der Waals surface area contributed by atoms with Crippen LogP contribution in [0.2, 0.25) is 0 Å². The molecule has 12 heavy (non-hydrogen) atoms. The van der Waals surface area contributed by atoms with Crippen molar-refractivity contribution < 1.29 is 0 Å². The summed E-state index contributed by atoms with van der Waals surface area (Å²) in [5, 5.41) is 0. The summed E-state index contributed by atoms with van der Waals surface area (Å²) in [4.78, 5) is 3.17. The van der Waals surface area contributed by atoms with Gasteiger partial charge in [0.2, 0.25) is 0 Å². The van der Waals surface area contributed by atoms with Gasteiger partial charge in [0.05, 0.1) is 0 Å². The summed E-state index contributed by atoms with van der Waals surface area (Å²) in [5.41, 5.74) is 4.79. The number of nitrogens with one attached hydrogen (secondary N) is 1. The number of aryl methyl sites for hydroxylation is 1. The van der Waals surface area contributed by atoms with E-state index in [-0.39, 0.29) is 0 Å². The van der Waals surface area contributed by atoms with Crippen molar-refractivity contribution in [2.45, 2.75) is 20.8 Å². The first-order valence-corrected chi connectivity index (χ1v) is 4.09. The number of hydrogen-bond acceptors (Lipinski definition) is 0. The van der Waals surface area contributed by atoms with E-state index in [1.54, 1.807) is 0 Å². The van der Waals surface area contributed by atoms with Crippen LogP contribution in [-0.4, -0.2) is 4.98 Å². The zero-order valence-electron chi connectivity index (χ0n) is 7.94. The van der Waals surface area contributed by atoms with E-state index in [1.807, 2.05) is 13.1 Å². The normalized spacial score (nSPS) is 11.8. The van der Waals surface area contributed by atoms with Crippen LogP contribution in [0, 0.1) is 6.92 Å². The second-order valence-corrected chi connectivity index (χ2v) is 3.18. The van der Waals surface area contributed by atoms with Gasteiger partial charge in [-0.25, -0.2) is 0 Å². The lowest BCUT2D eigenvalue weighted by Gasteiger charge is -1.98. The predicted molar refractivity (Wildman–Crippen MR) is 54.0 cm³/mol. The van der Waals surface area contributed by atoms with E-state index in [4.69, 9.17) is 0 Å². The number of aromatic amines is 1. The first-order valence-electron chi connectivity index (χ1n) is 4.09. The van der Waals surface area contributed by atoms with E-state index >= 15 is 0 Å². The van der Waals surface area contributed by atoms with Gasteiger partial charge in [0.25, 0.3) is 0 Å². The van der Waals surface area contributed by atoms with Gasteiger partial charge in [0, 0.05) is 11.9 Å². The van der Waals surface area contributed by atoms with Crippen molar-refractivity contribution in [3.05, 3.63) is 41.2 Å². The number of hydrogen-bond donors (Lipinski definition) is 1. The molecule has 0 radical (unpaired) electrons. The molecule has 0 aliphatic carbocycles. The van der Waals surface area contributed by atoms with Crippen LogP contribution in [0.15, 0.2) is 30.0 Å². The molecule has 64 valence electrons. The van der Waals surface area contributed by atoms with Crippen molar-refractivity contribution in [2.24, 2.45) is 0 Å². The fraction of sp³-hybridized carbons (Fsp3) is 0.273. The lowest BCUT2D eigenvalue weighted by Crippen LogP contribution is -1.80. The van der Waals surface area contributed by atoms with Gasteiger partial charge >= 0.3 is 0 Å². The van der Waals surface area contributed by atoms with Gasteiger partial charge in [-0.15, -0.1) is 0 Å². The largest absolute Gasteiger partial charge is 0.361 e. The highest BCUT2D eigenvalue weighted by atomic mass is 14.7. The highest BCUT2D eigenvalue weighted by molar-refractivity contribution is 5.56. The Bertz CT molecular complexity index is 316. The second kappa shape index (κ2) is 3.44. The first-order chi connectivity index (χ1) is 5.61. The molecule has 0 spiro atoms. The van der Waals surface area contributed by atoms with Gasteiger partial charge in [0.15, 0.2) is 0 Å². The van der Waals surface area contributed by atoms with Gasteiger partial charge < -0.3 is 4.98 Å². The third kappa shape index (κ3) is 1.88. The van der Waals surface area contributed by atoms with Crippen molar-refractivity contribution in [3.63, 3.8) is 0 Å². The van der Waals surface area contributed by atoms with Crippen LogP contribution in [0.25, 0.3) is 6.08 Å². The number of aromatic nitrogens is 1. The maximum atomic E-state index is 3.88. The summed E-state index contributed by atoms with van der Waals surface area (Å²) < 4.78 is 0. The summed E-state index contributed by atoms with van der Waals surface area (Å²) in [6.45, 7) is 10.1. The van der Waals surface area contributed by atoms with Crippen LogP contribution < -0.4 is 0 Å². The average Bonchev–Trinajstić information content (AvgIpc) is 2.36. The molecule has 1 aromatic rings. The van der Waals surface area contributed by atoms with Gasteiger partial charge in [-0.1, -0.05) is 12.2 Å². The smallest absolute Gasteiger partial charge is 0.0412 e. The first kappa shape index (κ1) is 8.85. The average molecular weight is 161 g/mol. The minimum absolute atomic E-state index is 1.11. The Balaban J connectivity index is 2.95. The topological polar surface area (TPSA) is 15.8 Å². The minimum atomic E-state index is 1.11. The van der Waals surface area contributed by atoms with Crippen molar-refractivity contribution in [3.8, 4) is 0 Å². The molecule has 0 aromatic carbocycles. The Hall–Kier alpha value is -1.24. The molecular weight excluding hydrogens is 146 g/mol. The summed E-state index contributed by atoms with van der Waals surface area (Å²) in [6, 6.07) is 2.07. The third-order valence-corrected chi connectivity index (χ3v) is 2.03. The molecular formula is C11H15N. The molecule has 1 N–H and O–H groups in total.